The molecule has 4 rings (SSSR count). The first-order valence-electron chi connectivity index (χ1n) is 12.3. The van der Waals surface area contributed by atoms with Gasteiger partial charge in [0.1, 0.15) is 17.4 Å². The Hall–Kier alpha value is -2.44. The second-order valence-electron chi connectivity index (χ2n) is 10.1. The first-order chi connectivity index (χ1) is 16.6. The summed E-state index contributed by atoms with van der Waals surface area (Å²) in [4.78, 5) is 0. The summed E-state index contributed by atoms with van der Waals surface area (Å²) in [7, 11) is 0. The molecular weight excluding hydrogens is 466 g/mol. The van der Waals surface area contributed by atoms with Crippen LogP contribution in [0.1, 0.15) is 58.3 Å². The molecule has 7 heteroatoms. The molecule has 0 spiro atoms. The Morgan fingerprint density at radius 1 is 0.714 bits per heavy atom. The predicted molar refractivity (Wildman–Crippen MR) is 123 cm³/mol. The van der Waals surface area contributed by atoms with Gasteiger partial charge in [0.25, 0.3) is 0 Å². The molecule has 0 bridgehead atoms. The Balaban J connectivity index is 1.37. The smallest absolute Gasteiger partial charge is 0.400 e. The van der Waals surface area contributed by atoms with Crippen molar-refractivity contribution in [2.45, 2.75) is 64.4 Å². The van der Waals surface area contributed by atoms with Gasteiger partial charge in [0.15, 0.2) is 11.6 Å². The average Bonchev–Trinajstić information content (AvgIpc) is 2.80. The van der Waals surface area contributed by atoms with Crippen molar-refractivity contribution in [1.82, 2.24) is 0 Å². The topological polar surface area (TPSA) is 9.23 Å². The molecule has 2 aromatic carbocycles. The zero-order valence-electron chi connectivity index (χ0n) is 19.7. The van der Waals surface area contributed by atoms with Crippen LogP contribution in [0.4, 0.5) is 26.3 Å². The van der Waals surface area contributed by atoms with Crippen LogP contribution in [0.25, 0.3) is 11.1 Å². The minimum Gasteiger partial charge on any atom is -0.432 e. The molecule has 2 aromatic rings. The average molecular weight is 497 g/mol. The molecule has 190 valence electrons. The molecule has 0 saturated heterocycles. The zero-order chi connectivity index (χ0) is 25.2. The number of rotatable bonds is 6. The van der Waals surface area contributed by atoms with Crippen LogP contribution in [0.5, 0.6) is 5.75 Å². The van der Waals surface area contributed by atoms with E-state index in [2.05, 4.69) is 19.1 Å². The molecule has 0 aliphatic heterocycles. The van der Waals surface area contributed by atoms with E-state index < -0.39 is 46.6 Å². The van der Waals surface area contributed by atoms with Crippen LogP contribution < -0.4 is 4.74 Å². The molecule has 2 saturated carbocycles. The lowest BCUT2D eigenvalue weighted by molar-refractivity contribution is -0.223. The molecule has 0 aromatic heterocycles. The van der Waals surface area contributed by atoms with Crippen molar-refractivity contribution in [3.05, 3.63) is 65.8 Å². The van der Waals surface area contributed by atoms with E-state index in [0.717, 1.165) is 18.1 Å². The summed E-state index contributed by atoms with van der Waals surface area (Å²) >= 11 is 0. The van der Waals surface area contributed by atoms with Crippen molar-refractivity contribution in [3.63, 3.8) is 0 Å². The first kappa shape index (κ1) is 25.6. The molecule has 0 heterocycles. The normalized spacial score (nSPS) is 25.7. The maximum atomic E-state index is 14.8. The van der Waals surface area contributed by atoms with E-state index in [1.165, 1.54) is 25.7 Å². The molecule has 0 amide bonds. The number of hydrogen-bond donors (Lipinski definition) is 0. The third-order valence-electron chi connectivity index (χ3n) is 7.44. The van der Waals surface area contributed by atoms with Gasteiger partial charge in [0.05, 0.1) is 11.5 Å². The van der Waals surface area contributed by atoms with Gasteiger partial charge in [-0.25, -0.2) is 17.6 Å². The summed E-state index contributed by atoms with van der Waals surface area (Å²) in [6, 6.07) is 3.69. The molecular formula is C28H30F6O. The standard InChI is InChI=1S/C28H30F6O/c1-17-2-4-18(5-3-17)6-7-19-8-11-21(12-9-19)28(33,34)35-22-15-25(31)27(26(32)16-22)20-10-13-23(29)24(30)14-20/h6-7,10,13-19,21H,2-5,8-9,11-12H2,1H3/b7-6+. The van der Waals surface area contributed by atoms with Gasteiger partial charge in [-0.2, -0.15) is 8.78 Å². The van der Waals surface area contributed by atoms with E-state index in [9.17, 15) is 26.3 Å². The Morgan fingerprint density at radius 3 is 1.80 bits per heavy atom. The van der Waals surface area contributed by atoms with E-state index in [0.29, 0.717) is 37.0 Å². The van der Waals surface area contributed by atoms with Crippen molar-refractivity contribution in [2.75, 3.05) is 0 Å². The lowest BCUT2D eigenvalue weighted by Crippen LogP contribution is -2.37. The zero-order valence-corrected chi connectivity index (χ0v) is 19.7. The highest BCUT2D eigenvalue weighted by Gasteiger charge is 2.44. The number of benzene rings is 2. The minimum atomic E-state index is -3.59. The summed E-state index contributed by atoms with van der Waals surface area (Å²) in [5.41, 5.74) is -0.884. The van der Waals surface area contributed by atoms with Gasteiger partial charge < -0.3 is 4.74 Å². The lowest BCUT2D eigenvalue weighted by Gasteiger charge is -2.32. The van der Waals surface area contributed by atoms with Crippen molar-refractivity contribution < 1.29 is 31.1 Å². The van der Waals surface area contributed by atoms with E-state index in [-0.39, 0.29) is 24.3 Å². The summed E-state index contributed by atoms with van der Waals surface area (Å²) < 4.78 is 90.2. The number of ether oxygens (including phenoxy) is 1. The second-order valence-corrected chi connectivity index (χ2v) is 10.1. The van der Waals surface area contributed by atoms with Crippen LogP contribution in [0.3, 0.4) is 0 Å². The molecule has 0 radical (unpaired) electrons. The fourth-order valence-electron chi connectivity index (χ4n) is 5.22. The van der Waals surface area contributed by atoms with Gasteiger partial charge in [0.2, 0.25) is 0 Å². The molecule has 2 fully saturated rings. The van der Waals surface area contributed by atoms with Crippen molar-refractivity contribution in [2.24, 2.45) is 23.7 Å². The fraction of sp³-hybridized carbons (Fsp3) is 0.500. The molecule has 1 nitrogen and oxygen atoms in total. The van der Waals surface area contributed by atoms with Crippen LogP contribution in [-0.2, 0) is 0 Å². The number of halogens is 6. The maximum Gasteiger partial charge on any atom is 0.400 e. The third kappa shape index (κ3) is 6.22. The van der Waals surface area contributed by atoms with Crippen LogP contribution in [0.2, 0.25) is 0 Å². The van der Waals surface area contributed by atoms with Crippen molar-refractivity contribution in [1.29, 1.82) is 0 Å². The van der Waals surface area contributed by atoms with Crippen LogP contribution in [-0.4, -0.2) is 6.11 Å². The summed E-state index contributed by atoms with van der Waals surface area (Å²) in [5.74, 6) is -4.93. The molecule has 2 aliphatic carbocycles. The lowest BCUT2D eigenvalue weighted by atomic mass is 9.79. The highest BCUT2D eigenvalue weighted by Crippen LogP contribution is 2.42. The van der Waals surface area contributed by atoms with E-state index in [1.807, 2.05) is 0 Å². The fourth-order valence-corrected chi connectivity index (χ4v) is 5.22. The minimum absolute atomic E-state index is 0.244. The van der Waals surface area contributed by atoms with Gasteiger partial charge in [0, 0.05) is 12.1 Å². The van der Waals surface area contributed by atoms with Gasteiger partial charge >= 0.3 is 6.11 Å². The Morgan fingerprint density at radius 2 is 1.26 bits per heavy atom. The Labute approximate surface area is 202 Å². The van der Waals surface area contributed by atoms with Crippen LogP contribution in [0, 0.1) is 46.9 Å². The highest BCUT2D eigenvalue weighted by molar-refractivity contribution is 5.66. The molecule has 35 heavy (non-hydrogen) atoms. The predicted octanol–water partition coefficient (Wildman–Crippen LogP) is 9.07. The molecule has 0 N–H and O–H groups in total. The molecule has 0 atom stereocenters. The third-order valence-corrected chi connectivity index (χ3v) is 7.44. The van der Waals surface area contributed by atoms with Crippen LogP contribution in [0.15, 0.2) is 42.5 Å². The summed E-state index contributed by atoms with van der Waals surface area (Å²) in [6.45, 7) is 2.27. The Bertz CT molecular complexity index is 1030. The van der Waals surface area contributed by atoms with Crippen LogP contribution >= 0.6 is 0 Å². The van der Waals surface area contributed by atoms with Crippen molar-refractivity contribution >= 4 is 0 Å². The number of allylic oxidation sites excluding steroid dienone is 2. The molecule has 2 aliphatic rings. The largest absolute Gasteiger partial charge is 0.432 e. The van der Waals surface area contributed by atoms with Gasteiger partial charge in [-0.3, -0.25) is 0 Å². The maximum absolute atomic E-state index is 14.8. The van der Waals surface area contributed by atoms with E-state index >= 15 is 0 Å². The first-order valence-corrected chi connectivity index (χ1v) is 12.3. The highest BCUT2D eigenvalue weighted by atomic mass is 19.3. The molecule has 0 unspecified atom stereocenters. The summed E-state index contributed by atoms with van der Waals surface area (Å²) in [6.07, 6.45) is 7.40. The van der Waals surface area contributed by atoms with Gasteiger partial charge in [-0.15, -0.1) is 0 Å². The SMILES string of the molecule is CC1CCC(/C=C/C2CCC(C(F)(F)Oc3cc(F)c(-c4ccc(F)c(F)c4)c(F)c3)CC2)CC1. The van der Waals surface area contributed by atoms with Crippen molar-refractivity contribution in [3.8, 4) is 16.9 Å². The van der Waals surface area contributed by atoms with Gasteiger partial charge in [-0.1, -0.05) is 38.0 Å². The van der Waals surface area contributed by atoms with E-state index in [4.69, 9.17) is 4.74 Å². The number of hydrogen-bond acceptors (Lipinski definition) is 1. The Kier molecular flexibility index (Phi) is 7.82. The quantitative estimate of drug-likeness (QED) is 0.286. The monoisotopic (exact) mass is 496 g/mol. The number of alkyl halides is 2. The summed E-state index contributed by atoms with van der Waals surface area (Å²) in [5, 5.41) is 0. The second kappa shape index (κ2) is 10.7. The van der Waals surface area contributed by atoms with Gasteiger partial charge in [-0.05, 0) is 74.0 Å². The van der Waals surface area contributed by atoms with E-state index in [1.54, 1.807) is 0 Å².